The fourth-order valence-electron chi connectivity index (χ4n) is 2.73. The van der Waals surface area contributed by atoms with Gasteiger partial charge in [-0.3, -0.25) is 4.79 Å². The van der Waals surface area contributed by atoms with E-state index in [9.17, 15) is 9.90 Å². The number of methoxy groups -OCH3 is 1. The molecule has 0 bridgehead atoms. The summed E-state index contributed by atoms with van der Waals surface area (Å²) in [6.07, 6.45) is 2.11. The first kappa shape index (κ1) is 13.7. The van der Waals surface area contributed by atoms with E-state index in [0.29, 0.717) is 23.3 Å². The van der Waals surface area contributed by atoms with E-state index in [4.69, 9.17) is 4.74 Å². The molecule has 1 heterocycles. The smallest absolute Gasteiger partial charge is 0.254 e. The number of rotatable bonds is 3. The van der Waals surface area contributed by atoms with Crippen LogP contribution in [0.5, 0.6) is 11.5 Å². The lowest BCUT2D eigenvalue weighted by atomic mass is 10.0. The molecule has 1 fully saturated rings. The van der Waals surface area contributed by atoms with E-state index in [1.807, 2.05) is 4.90 Å². The lowest BCUT2D eigenvalue weighted by Crippen LogP contribution is -2.38. The van der Waals surface area contributed by atoms with Crippen molar-refractivity contribution in [2.24, 2.45) is 5.92 Å². The lowest BCUT2D eigenvalue weighted by Gasteiger charge is -2.27. The van der Waals surface area contributed by atoms with Crippen molar-refractivity contribution in [2.75, 3.05) is 13.7 Å². The van der Waals surface area contributed by atoms with Crippen LogP contribution in [0, 0.1) is 5.92 Å². The second-order valence-electron chi connectivity index (χ2n) is 5.34. The summed E-state index contributed by atoms with van der Waals surface area (Å²) >= 11 is 0. The highest BCUT2D eigenvalue weighted by Crippen LogP contribution is 2.29. The summed E-state index contributed by atoms with van der Waals surface area (Å²) in [5.41, 5.74) is 0.519. The minimum absolute atomic E-state index is 0.00541. The predicted octanol–water partition coefficient (Wildman–Crippen LogP) is 2.66. The Kier molecular flexibility index (Phi) is 3.98. The highest BCUT2D eigenvalue weighted by atomic mass is 16.5. The molecule has 4 heteroatoms. The molecular formula is C15H21NO3. The highest BCUT2D eigenvalue weighted by molar-refractivity contribution is 5.95. The number of phenolic OH excluding ortho intramolecular Hbond substituents is 1. The third kappa shape index (κ3) is 2.67. The fraction of sp³-hybridized carbons (Fsp3) is 0.533. The van der Waals surface area contributed by atoms with E-state index < -0.39 is 0 Å². The average Bonchev–Trinajstić information content (AvgIpc) is 2.87. The number of hydrogen-bond acceptors (Lipinski definition) is 3. The van der Waals surface area contributed by atoms with Crippen molar-refractivity contribution in [1.29, 1.82) is 0 Å². The number of nitrogens with zero attached hydrogens (tertiary/aromatic N) is 1. The van der Waals surface area contributed by atoms with E-state index in [1.54, 1.807) is 12.1 Å². The van der Waals surface area contributed by atoms with E-state index in [-0.39, 0.29) is 11.7 Å². The fourth-order valence-corrected chi connectivity index (χ4v) is 2.73. The number of hydrogen-bond donors (Lipinski definition) is 1. The van der Waals surface area contributed by atoms with Gasteiger partial charge in [0.05, 0.1) is 7.11 Å². The zero-order valence-electron chi connectivity index (χ0n) is 11.7. The minimum Gasteiger partial charge on any atom is -0.504 e. The summed E-state index contributed by atoms with van der Waals surface area (Å²) in [4.78, 5) is 14.4. The van der Waals surface area contributed by atoms with Gasteiger partial charge in [-0.15, -0.1) is 0 Å². The number of aromatic hydroxyl groups is 1. The maximum Gasteiger partial charge on any atom is 0.254 e. The molecule has 1 atom stereocenters. The number of amides is 1. The van der Waals surface area contributed by atoms with Gasteiger partial charge >= 0.3 is 0 Å². The Morgan fingerprint density at radius 1 is 1.47 bits per heavy atom. The summed E-state index contributed by atoms with van der Waals surface area (Å²) in [5.74, 6) is 0.847. The van der Waals surface area contributed by atoms with Crippen molar-refractivity contribution in [2.45, 2.75) is 32.7 Å². The van der Waals surface area contributed by atoms with E-state index in [1.165, 1.54) is 13.2 Å². The molecule has 0 aromatic heterocycles. The van der Waals surface area contributed by atoms with Gasteiger partial charge in [0.15, 0.2) is 11.5 Å². The molecule has 19 heavy (non-hydrogen) atoms. The molecule has 4 nitrogen and oxygen atoms in total. The Balaban J connectivity index is 2.22. The van der Waals surface area contributed by atoms with E-state index >= 15 is 0 Å². The van der Waals surface area contributed by atoms with Gasteiger partial charge in [0.25, 0.3) is 5.91 Å². The van der Waals surface area contributed by atoms with Crippen LogP contribution in [0.25, 0.3) is 0 Å². The van der Waals surface area contributed by atoms with Gasteiger partial charge in [-0.05, 0) is 37.0 Å². The molecular weight excluding hydrogens is 242 g/mol. The Morgan fingerprint density at radius 3 is 2.79 bits per heavy atom. The molecule has 1 unspecified atom stereocenters. The second-order valence-corrected chi connectivity index (χ2v) is 5.34. The third-order valence-corrected chi connectivity index (χ3v) is 3.76. The van der Waals surface area contributed by atoms with E-state index in [2.05, 4.69) is 13.8 Å². The molecule has 0 saturated carbocycles. The number of phenols is 1. The van der Waals surface area contributed by atoms with Crippen molar-refractivity contribution in [3.63, 3.8) is 0 Å². The van der Waals surface area contributed by atoms with Gasteiger partial charge in [-0.25, -0.2) is 0 Å². The highest BCUT2D eigenvalue weighted by Gasteiger charge is 2.31. The second kappa shape index (κ2) is 5.51. The molecule has 1 aromatic carbocycles. The lowest BCUT2D eigenvalue weighted by molar-refractivity contribution is 0.0701. The van der Waals surface area contributed by atoms with Crippen LogP contribution in [0.1, 0.15) is 37.0 Å². The SMILES string of the molecule is COc1ccc(C(=O)N2CCCC2C(C)C)cc1O. The van der Waals surface area contributed by atoms with Crippen LogP contribution in [0.2, 0.25) is 0 Å². The zero-order valence-corrected chi connectivity index (χ0v) is 11.7. The van der Waals surface area contributed by atoms with Crippen LogP contribution in [0.4, 0.5) is 0 Å². The van der Waals surface area contributed by atoms with Crippen molar-refractivity contribution >= 4 is 5.91 Å². The largest absolute Gasteiger partial charge is 0.504 e. The van der Waals surface area contributed by atoms with Crippen molar-refractivity contribution in [3.05, 3.63) is 23.8 Å². The first-order chi connectivity index (χ1) is 9.04. The van der Waals surface area contributed by atoms with Crippen LogP contribution in [0.15, 0.2) is 18.2 Å². The maximum absolute atomic E-state index is 12.5. The first-order valence-corrected chi connectivity index (χ1v) is 6.72. The Morgan fingerprint density at radius 2 is 2.21 bits per heavy atom. The molecule has 2 rings (SSSR count). The minimum atomic E-state index is -0.00541. The molecule has 104 valence electrons. The van der Waals surface area contributed by atoms with Crippen LogP contribution >= 0.6 is 0 Å². The van der Waals surface area contributed by atoms with Crippen molar-refractivity contribution < 1.29 is 14.6 Å². The van der Waals surface area contributed by atoms with E-state index in [0.717, 1.165) is 19.4 Å². The average molecular weight is 263 g/mol. The van der Waals surface area contributed by atoms with Gasteiger partial charge in [0.1, 0.15) is 0 Å². The number of benzene rings is 1. The first-order valence-electron chi connectivity index (χ1n) is 6.72. The summed E-state index contributed by atoms with van der Waals surface area (Å²) < 4.78 is 4.99. The molecule has 1 aliphatic rings. The molecule has 0 spiro atoms. The maximum atomic E-state index is 12.5. The molecule has 1 aliphatic heterocycles. The van der Waals surface area contributed by atoms with Crippen LogP contribution in [-0.4, -0.2) is 35.6 Å². The number of ether oxygens (including phenoxy) is 1. The van der Waals surface area contributed by atoms with Gasteiger partial charge in [0.2, 0.25) is 0 Å². The number of carbonyl (C=O) groups excluding carboxylic acids is 1. The molecule has 1 amide bonds. The normalized spacial score (nSPS) is 18.9. The van der Waals surface area contributed by atoms with Crippen molar-refractivity contribution in [1.82, 2.24) is 4.90 Å². The molecule has 1 aromatic rings. The standard InChI is InChI=1S/C15H21NO3/c1-10(2)12-5-4-8-16(12)15(18)11-6-7-14(19-3)13(17)9-11/h6-7,9-10,12,17H,4-5,8H2,1-3H3. The molecule has 1 N–H and O–H groups in total. The zero-order chi connectivity index (χ0) is 14.0. The molecule has 0 aliphatic carbocycles. The summed E-state index contributed by atoms with van der Waals surface area (Å²) in [5, 5.41) is 9.76. The van der Waals surface area contributed by atoms with Crippen molar-refractivity contribution in [3.8, 4) is 11.5 Å². The van der Waals surface area contributed by atoms with Gasteiger partial charge in [0, 0.05) is 18.2 Å². The van der Waals surface area contributed by atoms with Crippen LogP contribution < -0.4 is 4.74 Å². The number of carbonyl (C=O) groups is 1. The molecule has 0 radical (unpaired) electrons. The third-order valence-electron chi connectivity index (χ3n) is 3.76. The van der Waals surface area contributed by atoms with Gasteiger partial charge in [-0.2, -0.15) is 0 Å². The van der Waals surface area contributed by atoms with Crippen LogP contribution in [-0.2, 0) is 0 Å². The molecule has 1 saturated heterocycles. The summed E-state index contributed by atoms with van der Waals surface area (Å²) in [7, 11) is 1.49. The quantitative estimate of drug-likeness (QED) is 0.912. The number of likely N-dealkylation sites (tertiary alicyclic amines) is 1. The van der Waals surface area contributed by atoms with Crippen LogP contribution in [0.3, 0.4) is 0 Å². The monoisotopic (exact) mass is 263 g/mol. The summed E-state index contributed by atoms with van der Waals surface area (Å²) in [6.45, 7) is 5.08. The Bertz CT molecular complexity index is 470. The van der Waals surface area contributed by atoms with Gasteiger partial charge in [-0.1, -0.05) is 13.8 Å². The summed E-state index contributed by atoms with van der Waals surface area (Å²) in [6, 6.07) is 5.12. The topological polar surface area (TPSA) is 49.8 Å². The Hall–Kier alpha value is -1.71. The predicted molar refractivity (Wildman–Crippen MR) is 73.6 cm³/mol. The Labute approximate surface area is 114 Å². The van der Waals surface area contributed by atoms with Gasteiger partial charge < -0.3 is 14.7 Å².